The molecule has 0 aliphatic heterocycles. The molecule has 0 aliphatic carbocycles. The molecule has 0 atom stereocenters. The number of pyridine rings is 1. The fourth-order valence-electron chi connectivity index (χ4n) is 2.85. The molecule has 156 valence electrons. The minimum Gasteiger partial charge on any atom is -0.384 e. The molecule has 1 aromatic carbocycles. The largest absolute Gasteiger partial charge is 0.416 e. The van der Waals surface area contributed by atoms with E-state index in [9.17, 15) is 22.0 Å². The molecule has 0 saturated carbocycles. The van der Waals surface area contributed by atoms with Crippen LogP contribution in [0.5, 0.6) is 0 Å². The molecule has 0 spiro atoms. The fraction of sp³-hybridized carbons (Fsp3) is 0.0952. The SMILES string of the molecule is Nc1ccc(C#Cc2cnn3c(C(F)F)cc(-c4cccc(C(F)(F)F)c4)nc23)cn1. The summed E-state index contributed by atoms with van der Waals surface area (Å²) in [7, 11) is 0. The predicted molar refractivity (Wildman–Crippen MR) is 103 cm³/mol. The molecule has 0 radical (unpaired) electrons. The number of fused-ring (bicyclic) bond motifs is 1. The summed E-state index contributed by atoms with van der Waals surface area (Å²) in [4.78, 5) is 8.17. The third-order valence-electron chi connectivity index (χ3n) is 4.34. The number of hydrogen-bond donors (Lipinski definition) is 1. The number of nitrogens with two attached hydrogens (primary N) is 1. The number of rotatable bonds is 2. The molecule has 0 fully saturated rings. The Balaban J connectivity index is 1.85. The molecular weight excluding hydrogens is 417 g/mol. The summed E-state index contributed by atoms with van der Waals surface area (Å²) in [5, 5.41) is 3.91. The number of anilines is 1. The standard InChI is InChI=1S/C21H12F5N5/c22-19(23)17-9-16(13-2-1-3-15(8-13)21(24,25)26)30-20-14(11-29-31(17)20)6-4-12-5-7-18(27)28-10-12/h1-3,5,7-11,19H,(H2,27,28). The Kier molecular flexibility index (Phi) is 5.02. The highest BCUT2D eigenvalue weighted by molar-refractivity contribution is 5.67. The van der Waals surface area contributed by atoms with Crippen LogP contribution in [0.3, 0.4) is 0 Å². The van der Waals surface area contributed by atoms with Gasteiger partial charge in [0.2, 0.25) is 0 Å². The van der Waals surface area contributed by atoms with Gasteiger partial charge in [-0.1, -0.05) is 24.0 Å². The number of halogens is 5. The van der Waals surface area contributed by atoms with Crippen LogP contribution in [-0.2, 0) is 6.18 Å². The predicted octanol–water partition coefficient (Wildman–Crippen LogP) is 4.73. The van der Waals surface area contributed by atoms with Crippen molar-refractivity contribution in [2.75, 3.05) is 5.73 Å². The van der Waals surface area contributed by atoms with Gasteiger partial charge in [0.15, 0.2) is 5.65 Å². The van der Waals surface area contributed by atoms with Crippen LogP contribution in [0.2, 0.25) is 0 Å². The van der Waals surface area contributed by atoms with Crippen LogP contribution in [0.15, 0.2) is 54.9 Å². The van der Waals surface area contributed by atoms with Gasteiger partial charge in [-0.3, -0.25) is 0 Å². The Bertz CT molecular complexity index is 1310. The third-order valence-corrected chi connectivity index (χ3v) is 4.34. The summed E-state index contributed by atoms with van der Waals surface area (Å²) in [5.74, 6) is 5.90. The Morgan fingerprint density at radius 2 is 1.81 bits per heavy atom. The summed E-state index contributed by atoms with van der Waals surface area (Å²) in [5.41, 5.74) is 4.85. The van der Waals surface area contributed by atoms with E-state index in [-0.39, 0.29) is 22.5 Å². The summed E-state index contributed by atoms with van der Waals surface area (Å²) < 4.78 is 67.4. The van der Waals surface area contributed by atoms with Gasteiger partial charge in [0.05, 0.1) is 23.0 Å². The van der Waals surface area contributed by atoms with Crippen molar-refractivity contribution in [2.24, 2.45) is 0 Å². The smallest absolute Gasteiger partial charge is 0.384 e. The fourth-order valence-corrected chi connectivity index (χ4v) is 2.85. The molecule has 0 bridgehead atoms. The van der Waals surface area contributed by atoms with Crippen LogP contribution in [0.4, 0.5) is 27.8 Å². The van der Waals surface area contributed by atoms with E-state index in [0.717, 1.165) is 22.7 Å². The monoisotopic (exact) mass is 429 g/mol. The maximum absolute atomic E-state index is 13.6. The second kappa shape index (κ2) is 7.68. The van der Waals surface area contributed by atoms with Gasteiger partial charge >= 0.3 is 6.18 Å². The summed E-state index contributed by atoms with van der Waals surface area (Å²) >= 11 is 0. The zero-order valence-electron chi connectivity index (χ0n) is 15.5. The van der Waals surface area contributed by atoms with Gasteiger partial charge in [0, 0.05) is 17.3 Å². The van der Waals surface area contributed by atoms with Crippen LogP contribution in [0.1, 0.15) is 28.8 Å². The van der Waals surface area contributed by atoms with Crippen molar-refractivity contribution < 1.29 is 22.0 Å². The van der Waals surface area contributed by atoms with Crippen LogP contribution in [0.25, 0.3) is 16.9 Å². The Hall–Kier alpha value is -4.00. The first-order chi connectivity index (χ1) is 14.7. The molecular formula is C21H12F5N5. The lowest BCUT2D eigenvalue weighted by Crippen LogP contribution is -2.06. The lowest BCUT2D eigenvalue weighted by atomic mass is 10.1. The molecule has 0 aliphatic rings. The minimum atomic E-state index is -4.58. The molecule has 31 heavy (non-hydrogen) atoms. The molecule has 2 N–H and O–H groups in total. The maximum atomic E-state index is 13.6. The van der Waals surface area contributed by atoms with E-state index >= 15 is 0 Å². The van der Waals surface area contributed by atoms with E-state index in [1.807, 2.05) is 0 Å². The van der Waals surface area contributed by atoms with Crippen LogP contribution in [-0.4, -0.2) is 19.6 Å². The molecule has 0 saturated heterocycles. The van der Waals surface area contributed by atoms with Gasteiger partial charge in [-0.05, 0) is 30.3 Å². The highest BCUT2D eigenvalue weighted by Crippen LogP contribution is 2.33. The van der Waals surface area contributed by atoms with Gasteiger partial charge in [-0.25, -0.2) is 23.3 Å². The molecule has 4 aromatic rings. The number of aromatic nitrogens is 4. The summed E-state index contributed by atoms with van der Waals surface area (Å²) in [6.07, 6.45) is -4.80. The molecule has 5 nitrogen and oxygen atoms in total. The molecule has 10 heteroatoms. The Morgan fingerprint density at radius 3 is 2.48 bits per heavy atom. The average molecular weight is 429 g/mol. The van der Waals surface area contributed by atoms with Crippen LogP contribution >= 0.6 is 0 Å². The summed E-state index contributed by atoms with van der Waals surface area (Å²) in [6.45, 7) is 0. The zero-order valence-corrected chi connectivity index (χ0v) is 15.5. The van der Waals surface area contributed by atoms with E-state index in [2.05, 4.69) is 26.9 Å². The van der Waals surface area contributed by atoms with Crippen molar-refractivity contribution in [1.29, 1.82) is 0 Å². The van der Waals surface area contributed by atoms with Crippen molar-refractivity contribution in [3.63, 3.8) is 0 Å². The normalized spacial score (nSPS) is 11.5. The first kappa shape index (κ1) is 20.3. The van der Waals surface area contributed by atoms with Crippen molar-refractivity contribution in [2.45, 2.75) is 12.6 Å². The molecule has 0 amide bonds. The quantitative estimate of drug-likeness (QED) is 0.370. The topological polar surface area (TPSA) is 69.1 Å². The molecule has 4 rings (SSSR count). The van der Waals surface area contributed by atoms with Crippen molar-refractivity contribution in [1.82, 2.24) is 19.6 Å². The van der Waals surface area contributed by atoms with Crippen molar-refractivity contribution in [3.05, 3.63) is 77.2 Å². The number of hydrogen-bond acceptors (Lipinski definition) is 4. The Morgan fingerprint density at radius 1 is 1.00 bits per heavy atom. The van der Waals surface area contributed by atoms with Gasteiger partial charge in [0.1, 0.15) is 11.5 Å². The number of alkyl halides is 5. The van der Waals surface area contributed by atoms with Crippen LogP contribution in [0, 0.1) is 11.8 Å². The average Bonchev–Trinajstić information content (AvgIpc) is 3.15. The maximum Gasteiger partial charge on any atom is 0.416 e. The van der Waals surface area contributed by atoms with Gasteiger partial charge in [-0.15, -0.1) is 0 Å². The van der Waals surface area contributed by atoms with E-state index < -0.39 is 23.9 Å². The van der Waals surface area contributed by atoms with E-state index in [1.165, 1.54) is 24.5 Å². The van der Waals surface area contributed by atoms with Gasteiger partial charge < -0.3 is 5.73 Å². The van der Waals surface area contributed by atoms with E-state index in [1.54, 1.807) is 12.1 Å². The van der Waals surface area contributed by atoms with Gasteiger partial charge in [0.25, 0.3) is 6.43 Å². The highest BCUT2D eigenvalue weighted by atomic mass is 19.4. The number of nitrogen functional groups attached to an aromatic ring is 1. The van der Waals surface area contributed by atoms with E-state index in [4.69, 9.17) is 5.73 Å². The molecule has 3 heterocycles. The molecule has 3 aromatic heterocycles. The first-order valence-electron chi connectivity index (χ1n) is 8.80. The second-order valence-corrected chi connectivity index (χ2v) is 6.46. The molecule has 0 unspecified atom stereocenters. The van der Waals surface area contributed by atoms with Gasteiger partial charge in [-0.2, -0.15) is 18.3 Å². The lowest BCUT2D eigenvalue weighted by molar-refractivity contribution is -0.137. The third kappa shape index (κ3) is 4.16. The lowest BCUT2D eigenvalue weighted by Gasteiger charge is -2.10. The summed E-state index contributed by atoms with van der Waals surface area (Å²) in [6, 6.07) is 8.51. The zero-order chi connectivity index (χ0) is 22.2. The van der Waals surface area contributed by atoms with Crippen LogP contribution < -0.4 is 5.73 Å². The van der Waals surface area contributed by atoms with E-state index in [0.29, 0.717) is 11.4 Å². The first-order valence-corrected chi connectivity index (χ1v) is 8.80. The minimum absolute atomic E-state index is 0.00103. The number of benzene rings is 1. The second-order valence-electron chi connectivity index (χ2n) is 6.46. The highest BCUT2D eigenvalue weighted by Gasteiger charge is 2.30. The number of nitrogens with zero attached hydrogens (tertiary/aromatic N) is 4. The van der Waals surface area contributed by atoms with Crippen molar-refractivity contribution >= 4 is 11.5 Å². The Labute approximate surface area is 172 Å². The van der Waals surface area contributed by atoms with Crippen molar-refractivity contribution in [3.8, 4) is 23.1 Å².